The second kappa shape index (κ2) is 6.06. The smallest absolute Gasteiger partial charge is 0.173 e. The van der Waals surface area contributed by atoms with E-state index in [4.69, 9.17) is 10.9 Å². The Kier molecular flexibility index (Phi) is 4.43. The van der Waals surface area contributed by atoms with Gasteiger partial charge in [-0.1, -0.05) is 17.3 Å². The zero-order valence-electron chi connectivity index (χ0n) is 9.90. The van der Waals surface area contributed by atoms with Crippen molar-refractivity contribution >= 4 is 17.6 Å². The Labute approximate surface area is 109 Å². The van der Waals surface area contributed by atoms with Crippen molar-refractivity contribution in [2.75, 3.05) is 11.5 Å². The van der Waals surface area contributed by atoms with Gasteiger partial charge in [-0.2, -0.15) is 11.8 Å². The molecule has 98 valence electrons. The molecule has 1 aliphatic heterocycles. The van der Waals surface area contributed by atoms with Crippen molar-refractivity contribution in [1.29, 1.82) is 0 Å². The Bertz CT molecular complexity index is 447. The molecule has 1 unspecified atom stereocenters. The van der Waals surface area contributed by atoms with Crippen LogP contribution in [0.2, 0.25) is 0 Å². The number of thioether (sulfide) groups is 1. The predicted molar refractivity (Wildman–Crippen MR) is 71.5 cm³/mol. The van der Waals surface area contributed by atoms with E-state index < -0.39 is 5.82 Å². The molecule has 4 N–H and O–H groups in total. The standard InChI is InChI=1S/C12H16FN3OS/c13-11-8(6-15-9-4-5-18-7-9)2-1-3-10(11)12(14)16-17/h1-3,9,15,17H,4-7H2,(H2,14,16). The van der Waals surface area contributed by atoms with Crippen molar-refractivity contribution in [2.45, 2.75) is 19.0 Å². The minimum atomic E-state index is -0.425. The number of oxime groups is 1. The minimum Gasteiger partial charge on any atom is -0.409 e. The van der Waals surface area contributed by atoms with Gasteiger partial charge in [0.25, 0.3) is 0 Å². The van der Waals surface area contributed by atoms with E-state index in [1.54, 1.807) is 12.1 Å². The third kappa shape index (κ3) is 2.94. The van der Waals surface area contributed by atoms with E-state index in [1.165, 1.54) is 6.07 Å². The van der Waals surface area contributed by atoms with Gasteiger partial charge in [0, 0.05) is 23.9 Å². The highest BCUT2D eigenvalue weighted by molar-refractivity contribution is 7.99. The number of nitrogens with two attached hydrogens (primary N) is 1. The van der Waals surface area contributed by atoms with Crippen LogP contribution in [0.4, 0.5) is 4.39 Å². The maximum Gasteiger partial charge on any atom is 0.173 e. The number of hydrogen-bond acceptors (Lipinski definition) is 4. The molecule has 0 bridgehead atoms. The van der Waals surface area contributed by atoms with Gasteiger partial charge in [-0.3, -0.25) is 0 Å². The molecule has 0 aliphatic carbocycles. The summed E-state index contributed by atoms with van der Waals surface area (Å²) >= 11 is 1.90. The van der Waals surface area contributed by atoms with Gasteiger partial charge in [0.15, 0.2) is 5.84 Å². The van der Waals surface area contributed by atoms with Crippen LogP contribution in [0, 0.1) is 5.82 Å². The highest BCUT2D eigenvalue weighted by Gasteiger charge is 2.16. The van der Waals surface area contributed by atoms with Crippen LogP contribution in [0.5, 0.6) is 0 Å². The summed E-state index contributed by atoms with van der Waals surface area (Å²) in [6, 6.07) is 5.36. The number of halogens is 1. The zero-order chi connectivity index (χ0) is 13.0. The first kappa shape index (κ1) is 13.2. The molecular weight excluding hydrogens is 253 g/mol. The van der Waals surface area contributed by atoms with Gasteiger partial charge in [0.05, 0.1) is 5.56 Å². The maximum absolute atomic E-state index is 14.1. The quantitative estimate of drug-likeness (QED) is 0.335. The molecule has 6 heteroatoms. The number of nitrogens with one attached hydrogen (secondary N) is 1. The lowest BCUT2D eigenvalue weighted by molar-refractivity contribution is 0.318. The van der Waals surface area contributed by atoms with Gasteiger partial charge in [0.2, 0.25) is 0 Å². The summed E-state index contributed by atoms with van der Waals surface area (Å²) in [6.07, 6.45) is 1.12. The van der Waals surface area contributed by atoms with Crippen molar-refractivity contribution in [2.24, 2.45) is 10.9 Å². The van der Waals surface area contributed by atoms with E-state index in [0.29, 0.717) is 18.2 Å². The predicted octanol–water partition coefficient (Wildman–Crippen LogP) is 1.52. The van der Waals surface area contributed by atoms with Gasteiger partial charge >= 0.3 is 0 Å². The van der Waals surface area contributed by atoms with Gasteiger partial charge in [-0.15, -0.1) is 0 Å². The summed E-state index contributed by atoms with van der Waals surface area (Å²) in [7, 11) is 0. The van der Waals surface area contributed by atoms with Gasteiger partial charge in [-0.25, -0.2) is 4.39 Å². The molecule has 1 atom stereocenters. The van der Waals surface area contributed by atoms with Gasteiger partial charge < -0.3 is 16.3 Å². The van der Waals surface area contributed by atoms with Crippen molar-refractivity contribution in [3.05, 3.63) is 35.1 Å². The average Bonchev–Trinajstić information content (AvgIpc) is 2.90. The van der Waals surface area contributed by atoms with Crippen molar-refractivity contribution < 1.29 is 9.60 Å². The Balaban J connectivity index is 2.08. The number of amidine groups is 1. The summed E-state index contributed by atoms with van der Waals surface area (Å²) in [5.41, 5.74) is 6.09. The molecule has 1 aromatic rings. The van der Waals surface area contributed by atoms with E-state index >= 15 is 0 Å². The fourth-order valence-corrected chi connectivity index (χ4v) is 3.10. The molecule has 1 heterocycles. The molecule has 0 aromatic heterocycles. The van der Waals surface area contributed by atoms with E-state index in [9.17, 15) is 4.39 Å². The van der Waals surface area contributed by atoms with Crippen LogP contribution in [-0.4, -0.2) is 28.6 Å². The number of benzene rings is 1. The normalized spacial score (nSPS) is 20.3. The third-order valence-electron chi connectivity index (χ3n) is 2.97. The molecule has 1 aromatic carbocycles. The van der Waals surface area contributed by atoms with Crippen LogP contribution in [0.25, 0.3) is 0 Å². The van der Waals surface area contributed by atoms with E-state index in [1.807, 2.05) is 11.8 Å². The Morgan fingerprint density at radius 2 is 2.44 bits per heavy atom. The first-order valence-electron chi connectivity index (χ1n) is 5.78. The number of hydrogen-bond donors (Lipinski definition) is 3. The van der Waals surface area contributed by atoms with Crippen LogP contribution in [0.1, 0.15) is 17.5 Å². The summed E-state index contributed by atoms with van der Waals surface area (Å²) in [5.74, 6) is 1.60. The molecule has 0 saturated carbocycles. The molecule has 4 nitrogen and oxygen atoms in total. The molecule has 1 saturated heterocycles. The fraction of sp³-hybridized carbons (Fsp3) is 0.417. The summed E-state index contributed by atoms with van der Waals surface area (Å²) < 4.78 is 14.1. The van der Waals surface area contributed by atoms with E-state index in [-0.39, 0.29) is 11.4 Å². The van der Waals surface area contributed by atoms with E-state index in [0.717, 1.165) is 17.9 Å². The van der Waals surface area contributed by atoms with Crippen LogP contribution < -0.4 is 11.1 Å². The molecular formula is C12H16FN3OS. The molecule has 2 rings (SSSR count). The summed E-state index contributed by atoms with van der Waals surface area (Å²) in [4.78, 5) is 0. The molecule has 18 heavy (non-hydrogen) atoms. The summed E-state index contributed by atoms with van der Waals surface area (Å²) in [6.45, 7) is 0.462. The molecule has 1 aliphatic rings. The largest absolute Gasteiger partial charge is 0.409 e. The Morgan fingerprint density at radius 3 is 3.11 bits per heavy atom. The number of nitrogens with zero attached hydrogens (tertiary/aromatic N) is 1. The van der Waals surface area contributed by atoms with Crippen LogP contribution in [-0.2, 0) is 6.54 Å². The topological polar surface area (TPSA) is 70.6 Å². The molecule has 1 fully saturated rings. The van der Waals surface area contributed by atoms with Crippen molar-refractivity contribution in [3.63, 3.8) is 0 Å². The zero-order valence-corrected chi connectivity index (χ0v) is 10.7. The van der Waals surface area contributed by atoms with Gasteiger partial charge in [-0.05, 0) is 18.2 Å². The lowest BCUT2D eigenvalue weighted by atomic mass is 10.1. The van der Waals surface area contributed by atoms with Gasteiger partial charge in [0.1, 0.15) is 5.82 Å². The first-order valence-corrected chi connectivity index (χ1v) is 6.94. The second-order valence-electron chi connectivity index (χ2n) is 4.21. The minimum absolute atomic E-state index is 0.137. The lowest BCUT2D eigenvalue weighted by Crippen LogP contribution is -2.28. The number of rotatable bonds is 4. The Morgan fingerprint density at radius 1 is 1.61 bits per heavy atom. The summed E-state index contributed by atoms with van der Waals surface area (Å²) in [5, 5.41) is 14.7. The van der Waals surface area contributed by atoms with Crippen molar-refractivity contribution in [3.8, 4) is 0 Å². The van der Waals surface area contributed by atoms with Crippen LogP contribution in [0.15, 0.2) is 23.4 Å². The van der Waals surface area contributed by atoms with Crippen molar-refractivity contribution in [1.82, 2.24) is 5.32 Å². The van der Waals surface area contributed by atoms with Crippen LogP contribution in [0.3, 0.4) is 0 Å². The molecule has 0 radical (unpaired) electrons. The monoisotopic (exact) mass is 269 g/mol. The second-order valence-corrected chi connectivity index (χ2v) is 5.36. The third-order valence-corrected chi connectivity index (χ3v) is 4.14. The first-order chi connectivity index (χ1) is 8.72. The fourth-order valence-electron chi connectivity index (χ4n) is 1.92. The average molecular weight is 269 g/mol. The maximum atomic E-state index is 14.1. The molecule has 0 spiro atoms. The van der Waals surface area contributed by atoms with E-state index in [2.05, 4.69) is 10.5 Å². The lowest BCUT2D eigenvalue weighted by Gasteiger charge is -2.12. The SMILES string of the molecule is N/C(=N/O)c1cccc(CNC2CCSC2)c1F. The molecule has 0 amide bonds. The Hall–Kier alpha value is -1.27. The highest BCUT2D eigenvalue weighted by atomic mass is 32.2. The van der Waals surface area contributed by atoms with Crippen LogP contribution >= 0.6 is 11.8 Å². The highest BCUT2D eigenvalue weighted by Crippen LogP contribution is 2.18.